The van der Waals surface area contributed by atoms with E-state index in [1.165, 1.54) is 37.1 Å². The lowest BCUT2D eigenvalue weighted by atomic mass is 9.96. The molecule has 0 aliphatic carbocycles. The van der Waals surface area contributed by atoms with Crippen LogP contribution in [0.3, 0.4) is 0 Å². The fourth-order valence-electron chi connectivity index (χ4n) is 4.26. The number of benzene rings is 3. The number of allylic oxidation sites excluding steroid dienone is 1. The van der Waals surface area contributed by atoms with E-state index in [0.717, 1.165) is 6.07 Å². The summed E-state index contributed by atoms with van der Waals surface area (Å²) in [6, 6.07) is 18.9. The first-order valence-electron chi connectivity index (χ1n) is 12.5. The molecule has 9 nitrogen and oxygen atoms in total. The third kappa shape index (κ3) is 6.78. The molecular weight excluding hydrogens is 517 g/mol. The summed E-state index contributed by atoms with van der Waals surface area (Å²) in [6.07, 6.45) is -0.465. The monoisotopic (exact) mass is 545 g/mol. The van der Waals surface area contributed by atoms with Gasteiger partial charge in [0.1, 0.15) is 29.1 Å². The predicted molar refractivity (Wildman–Crippen MR) is 146 cm³/mol. The lowest BCUT2D eigenvalue weighted by Gasteiger charge is -2.21. The molecule has 206 valence electrons. The number of imidazole rings is 1. The number of halogens is 1. The fraction of sp³-hybridized carbons (Fsp3) is 0.200. The summed E-state index contributed by atoms with van der Waals surface area (Å²) in [6.45, 7) is 2.82. The van der Waals surface area contributed by atoms with Gasteiger partial charge in [-0.15, -0.1) is 5.06 Å². The maximum atomic E-state index is 14.0. The molecule has 3 aromatic carbocycles. The highest BCUT2D eigenvalue weighted by Gasteiger charge is 2.25. The number of hydrogen-bond donors (Lipinski definition) is 2. The van der Waals surface area contributed by atoms with Crippen LogP contribution in [-0.4, -0.2) is 51.5 Å². The molecule has 1 atom stereocenters. The summed E-state index contributed by atoms with van der Waals surface area (Å²) in [5.74, 6) is -2.52. The Morgan fingerprint density at radius 1 is 0.975 bits per heavy atom. The number of fused-ring (bicyclic) bond motifs is 1. The molecule has 0 amide bonds. The Balaban J connectivity index is 1.78. The van der Waals surface area contributed by atoms with Crippen molar-refractivity contribution in [2.24, 2.45) is 0 Å². The van der Waals surface area contributed by atoms with Crippen LogP contribution >= 0.6 is 0 Å². The zero-order valence-corrected chi connectivity index (χ0v) is 22.2. The molecule has 0 bridgehead atoms. The number of H-pyrrole nitrogens is 1. The largest absolute Gasteiger partial charge is 0.506 e. The Hall–Kier alpha value is -4.83. The minimum atomic E-state index is -0.739. The fourth-order valence-corrected chi connectivity index (χ4v) is 4.26. The number of esters is 1. The van der Waals surface area contributed by atoms with Crippen LogP contribution in [-0.2, 0) is 19.2 Å². The Morgan fingerprint density at radius 3 is 2.40 bits per heavy atom. The number of rotatable bonds is 10. The number of aliphatic hydroxyl groups is 1. The number of aromatic nitrogens is 2. The predicted octanol–water partition coefficient (Wildman–Crippen LogP) is 5.42. The zero-order chi connectivity index (χ0) is 28.8. The summed E-state index contributed by atoms with van der Waals surface area (Å²) >= 11 is 0. The summed E-state index contributed by atoms with van der Waals surface area (Å²) < 4.78 is 19.5. The number of aliphatic hydroxyl groups excluding tert-OH is 1. The number of hydroxylamine groups is 2. The van der Waals surface area contributed by atoms with Crippen molar-refractivity contribution < 1.29 is 33.5 Å². The first-order valence-corrected chi connectivity index (χ1v) is 12.5. The van der Waals surface area contributed by atoms with Crippen LogP contribution in [0.15, 0.2) is 72.8 Å². The number of nitrogens with zero attached hydrogens (tertiary/aromatic N) is 2. The molecule has 1 aromatic heterocycles. The number of para-hydroxylation sites is 2. The smallest absolute Gasteiger partial charge is 0.322 e. The van der Waals surface area contributed by atoms with Gasteiger partial charge in [0.15, 0.2) is 0 Å². The maximum Gasteiger partial charge on any atom is 0.322 e. The van der Waals surface area contributed by atoms with Gasteiger partial charge in [0.25, 0.3) is 0 Å². The highest BCUT2D eigenvalue weighted by Crippen LogP contribution is 2.31. The Labute approximate surface area is 229 Å². The molecule has 1 unspecified atom stereocenters. The molecule has 0 saturated carbocycles. The summed E-state index contributed by atoms with van der Waals surface area (Å²) in [5, 5.41) is 12.8. The maximum absolute atomic E-state index is 14.0. The molecule has 1 heterocycles. The van der Waals surface area contributed by atoms with Gasteiger partial charge < -0.3 is 19.7 Å². The number of ketones is 1. The van der Waals surface area contributed by atoms with E-state index in [-0.39, 0.29) is 35.5 Å². The highest BCUT2D eigenvalue weighted by molar-refractivity contribution is 6.33. The van der Waals surface area contributed by atoms with Crippen molar-refractivity contribution in [3.05, 3.63) is 101 Å². The second-order valence-electron chi connectivity index (χ2n) is 9.11. The number of nitrogens with one attached hydrogen (secondary N) is 1. The SMILES string of the molecule is CC(=O)OC(CCN(C)OC(C)=O)c1cccc(/C(O)=C(\C(=O)c2cccc(F)c2)c2nc3ccccc3[nH]2)c1. The van der Waals surface area contributed by atoms with E-state index in [1.54, 1.807) is 55.6 Å². The minimum absolute atomic E-state index is 0.0319. The first-order chi connectivity index (χ1) is 19.1. The number of ether oxygens (including phenoxy) is 1. The van der Waals surface area contributed by atoms with Crippen molar-refractivity contribution in [3.8, 4) is 0 Å². The third-order valence-corrected chi connectivity index (χ3v) is 6.01. The molecule has 0 saturated heterocycles. The Morgan fingerprint density at radius 2 is 1.70 bits per heavy atom. The molecule has 2 N–H and O–H groups in total. The van der Waals surface area contributed by atoms with Crippen molar-refractivity contribution in [2.45, 2.75) is 26.4 Å². The van der Waals surface area contributed by atoms with Gasteiger partial charge in [-0.05, 0) is 35.9 Å². The standard InChI is InChI=1S/C30H28FN3O6/c1-18(35)39-26(14-15-34(3)40-19(2)36)20-8-6-9-21(16-20)28(37)27(29(38)22-10-7-11-23(31)17-22)30-32-24-12-4-5-13-25(24)33-30/h4-13,16-17,26,37H,14-15H2,1-3H3,(H,32,33)/b28-27-. The van der Waals surface area contributed by atoms with Gasteiger partial charge in [-0.2, -0.15) is 0 Å². The van der Waals surface area contributed by atoms with Crippen LogP contribution in [0.5, 0.6) is 0 Å². The molecule has 10 heteroatoms. The quantitative estimate of drug-likeness (QED) is 0.0891. The van der Waals surface area contributed by atoms with E-state index >= 15 is 0 Å². The first kappa shape index (κ1) is 28.2. The second-order valence-corrected chi connectivity index (χ2v) is 9.11. The van der Waals surface area contributed by atoms with Crippen LogP contribution < -0.4 is 0 Å². The van der Waals surface area contributed by atoms with E-state index in [4.69, 9.17) is 9.57 Å². The van der Waals surface area contributed by atoms with Crippen LogP contribution in [0.25, 0.3) is 22.4 Å². The van der Waals surface area contributed by atoms with Crippen LogP contribution in [0, 0.1) is 5.82 Å². The number of aromatic amines is 1. The van der Waals surface area contributed by atoms with Gasteiger partial charge in [-0.3, -0.25) is 14.4 Å². The van der Waals surface area contributed by atoms with Crippen molar-refractivity contribution in [2.75, 3.05) is 13.6 Å². The third-order valence-electron chi connectivity index (χ3n) is 6.01. The average Bonchev–Trinajstić information content (AvgIpc) is 3.34. The Kier molecular flexibility index (Phi) is 8.70. The van der Waals surface area contributed by atoms with E-state index in [0.29, 0.717) is 16.6 Å². The van der Waals surface area contributed by atoms with Gasteiger partial charge >= 0.3 is 11.9 Å². The number of hydrogen-bond acceptors (Lipinski definition) is 8. The number of Topliss-reactive ketones (excluding diaryl/α,β-unsaturated/α-hetero) is 1. The van der Waals surface area contributed by atoms with Crippen LogP contribution in [0.4, 0.5) is 4.39 Å². The molecule has 0 spiro atoms. The van der Waals surface area contributed by atoms with Gasteiger partial charge in [-0.1, -0.05) is 42.5 Å². The zero-order valence-electron chi connectivity index (χ0n) is 22.2. The number of carbonyl (C=O) groups is 3. The van der Waals surface area contributed by atoms with Crippen LogP contribution in [0.2, 0.25) is 0 Å². The van der Waals surface area contributed by atoms with Crippen molar-refractivity contribution >= 4 is 40.1 Å². The van der Waals surface area contributed by atoms with Gasteiger partial charge in [0.2, 0.25) is 5.78 Å². The van der Waals surface area contributed by atoms with Gasteiger partial charge in [0.05, 0.1) is 11.0 Å². The van der Waals surface area contributed by atoms with Crippen LogP contribution in [0.1, 0.15) is 53.7 Å². The lowest BCUT2D eigenvalue weighted by Crippen LogP contribution is -2.25. The van der Waals surface area contributed by atoms with E-state index in [9.17, 15) is 23.9 Å². The molecule has 4 aromatic rings. The van der Waals surface area contributed by atoms with E-state index in [1.807, 2.05) is 0 Å². The lowest BCUT2D eigenvalue weighted by molar-refractivity contribution is -0.183. The number of carbonyl (C=O) groups excluding carboxylic acids is 3. The molecule has 0 fully saturated rings. The molecule has 0 aliphatic rings. The van der Waals surface area contributed by atoms with Crippen molar-refractivity contribution in [1.29, 1.82) is 0 Å². The van der Waals surface area contributed by atoms with E-state index in [2.05, 4.69) is 9.97 Å². The second kappa shape index (κ2) is 12.4. The summed E-state index contributed by atoms with van der Waals surface area (Å²) in [7, 11) is 1.58. The topological polar surface area (TPSA) is 122 Å². The van der Waals surface area contributed by atoms with Gasteiger partial charge in [-0.25, -0.2) is 9.37 Å². The van der Waals surface area contributed by atoms with E-state index < -0.39 is 35.4 Å². The Bertz CT molecular complexity index is 1560. The summed E-state index contributed by atoms with van der Waals surface area (Å²) in [5.41, 5.74) is 1.90. The van der Waals surface area contributed by atoms with Crippen molar-refractivity contribution in [3.63, 3.8) is 0 Å². The van der Waals surface area contributed by atoms with Crippen molar-refractivity contribution in [1.82, 2.24) is 15.0 Å². The molecular formula is C30H28FN3O6. The molecule has 4 rings (SSSR count). The molecule has 40 heavy (non-hydrogen) atoms. The molecule has 0 aliphatic heterocycles. The minimum Gasteiger partial charge on any atom is -0.506 e. The summed E-state index contributed by atoms with van der Waals surface area (Å²) in [4.78, 5) is 49.3. The highest BCUT2D eigenvalue weighted by atomic mass is 19.1. The normalized spacial score (nSPS) is 12.6. The average molecular weight is 546 g/mol. The van der Waals surface area contributed by atoms with Gasteiger partial charge in [0, 0.05) is 45.0 Å². The molecule has 0 radical (unpaired) electrons.